The highest BCUT2D eigenvalue weighted by molar-refractivity contribution is 5.63. The molecule has 0 saturated heterocycles. The molecular weight excluding hydrogens is 452 g/mol. The summed E-state index contributed by atoms with van der Waals surface area (Å²) in [6.07, 6.45) is 0. The van der Waals surface area contributed by atoms with Gasteiger partial charge in [0, 0.05) is 30.9 Å². The van der Waals surface area contributed by atoms with E-state index in [9.17, 15) is 25.4 Å². The Balaban J connectivity index is 1.78. The first-order chi connectivity index (χ1) is 16.8. The van der Waals surface area contributed by atoms with E-state index in [4.69, 9.17) is 0 Å². The van der Waals surface area contributed by atoms with Crippen LogP contribution in [-0.4, -0.2) is 46.5 Å². The number of anilines is 1. The van der Waals surface area contributed by atoms with Crippen LogP contribution in [0.4, 0.5) is 34.1 Å². The van der Waals surface area contributed by atoms with E-state index in [0.29, 0.717) is 30.0 Å². The summed E-state index contributed by atoms with van der Waals surface area (Å²) in [7, 11) is 0. The Morgan fingerprint density at radius 2 is 1.46 bits per heavy atom. The summed E-state index contributed by atoms with van der Waals surface area (Å²) in [5, 5.41) is 56.3. The smallest absolute Gasteiger partial charge is 0.296 e. The van der Waals surface area contributed by atoms with Crippen molar-refractivity contribution in [3.05, 3.63) is 75.8 Å². The Hall–Kier alpha value is -4.22. The number of hydrogen-bond acceptors (Lipinski definition) is 10. The second-order valence-corrected chi connectivity index (χ2v) is 7.73. The molecule has 0 saturated carbocycles. The highest BCUT2D eigenvalue weighted by atomic mass is 16.6. The number of rotatable bonds is 10. The van der Waals surface area contributed by atoms with Crippen molar-refractivity contribution in [1.29, 1.82) is 0 Å². The first-order valence-electron chi connectivity index (χ1n) is 10.8. The Kier molecular flexibility index (Phi) is 8.54. The lowest BCUT2D eigenvalue weighted by molar-refractivity contribution is -0.384. The molecule has 35 heavy (non-hydrogen) atoms. The SMILES string of the molecule is Cc1ccc(N=Nc2cc(O)c(N=Nc3ccc(N(CCO)CCO)cc3)cc2C)c([N+](=O)[O-])c1. The molecule has 0 aliphatic rings. The zero-order valence-corrected chi connectivity index (χ0v) is 19.4. The molecule has 0 radical (unpaired) electrons. The van der Waals surface area contributed by atoms with Gasteiger partial charge in [-0.25, -0.2) is 0 Å². The van der Waals surface area contributed by atoms with Gasteiger partial charge in [-0.15, -0.1) is 15.3 Å². The van der Waals surface area contributed by atoms with Gasteiger partial charge < -0.3 is 20.2 Å². The molecule has 0 aliphatic heterocycles. The zero-order valence-electron chi connectivity index (χ0n) is 19.4. The summed E-state index contributed by atoms with van der Waals surface area (Å²) in [5.74, 6) is -0.166. The van der Waals surface area contributed by atoms with Crippen LogP contribution in [0.25, 0.3) is 0 Å². The monoisotopic (exact) mass is 478 g/mol. The van der Waals surface area contributed by atoms with Crippen molar-refractivity contribution >= 4 is 34.1 Å². The van der Waals surface area contributed by atoms with Gasteiger partial charge >= 0.3 is 0 Å². The third-order valence-electron chi connectivity index (χ3n) is 5.11. The molecule has 0 amide bonds. The van der Waals surface area contributed by atoms with Crippen LogP contribution in [0.2, 0.25) is 0 Å². The van der Waals surface area contributed by atoms with Gasteiger partial charge in [-0.2, -0.15) is 5.11 Å². The molecule has 0 heterocycles. The molecule has 3 rings (SSSR count). The molecule has 0 atom stereocenters. The summed E-state index contributed by atoms with van der Waals surface area (Å²) in [4.78, 5) is 12.6. The van der Waals surface area contributed by atoms with E-state index in [1.54, 1.807) is 50.2 Å². The van der Waals surface area contributed by atoms with Crippen LogP contribution >= 0.6 is 0 Å². The largest absolute Gasteiger partial charge is 0.506 e. The Labute approximate surface area is 201 Å². The van der Waals surface area contributed by atoms with E-state index in [2.05, 4.69) is 20.5 Å². The van der Waals surface area contributed by atoms with E-state index < -0.39 is 4.92 Å². The summed E-state index contributed by atoms with van der Waals surface area (Å²) in [6, 6.07) is 14.7. The number of azo groups is 2. The maximum absolute atomic E-state index is 11.3. The average molecular weight is 479 g/mol. The van der Waals surface area contributed by atoms with Crippen molar-refractivity contribution in [2.75, 3.05) is 31.2 Å². The molecule has 11 heteroatoms. The molecule has 182 valence electrons. The quantitative estimate of drug-likeness (QED) is 0.197. The lowest BCUT2D eigenvalue weighted by atomic mass is 10.1. The maximum atomic E-state index is 11.3. The van der Waals surface area contributed by atoms with Gasteiger partial charge in [0.1, 0.15) is 11.4 Å². The van der Waals surface area contributed by atoms with E-state index in [1.807, 2.05) is 4.90 Å². The minimum atomic E-state index is -0.515. The first-order valence-corrected chi connectivity index (χ1v) is 10.8. The fraction of sp³-hybridized carbons (Fsp3) is 0.250. The fourth-order valence-electron chi connectivity index (χ4n) is 3.28. The summed E-state index contributed by atoms with van der Waals surface area (Å²) in [6.45, 7) is 4.24. The molecule has 3 aromatic carbocycles. The second-order valence-electron chi connectivity index (χ2n) is 7.73. The minimum absolute atomic E-state index is 0.0302. The predicted molar refractivity (Wildman–Crippen MR) is 132 cm³/mol. The zero-order chi connectivity index (χ0) is 25.4. The van der Waals surface area contributed by atoms with Gasteiger partial charge in [0.25, 0.3) is 5.69 Å². The number of aromatic hydroxyl groups is 1. The van der Waals surface area contributed by atoms with Crippen molar-refractivity contribution in [3.8, 4) is 5.75 Å². The van der Waals surface area contributed by atoms with E-state index >= 15 is 0 Å². The van der Waals surface area contributed by atoms with Gasteiger partial charge in [-0.1, -0.05) is 6.07 Å². The molecule has 0 spiro atoms. The number of aliphatic hydroxyl groups is 2. The molecule has 11 nitrogen and oxygen atoms in total. The maximum Gasteiger partial charge on any atom is 0.296 e. The average Bonchev–Trinajstić information content (AvgIpc) is 2.84. The topological polar surface area (TPSA) is 157 Å². The molecule has 3 aromatic rings. The minimum Gasteiger partial charge on any atom is -0.506 e. The summed E-state index contributed by atoms with van der Waals surface area (Å²) in [5.41, 5.74) is 3.30. The molecule has 0 bridgehead atoms. The van der Waals surface area contributed by atoms with Crippen LogP contribution in [-0.2, 0) is 0 Å². The van der Waals surface area contributed by atoms with E-state index in [-0.39, 0.29) is 36.0 Å². The first kappa shape index (κ1) is 25.4. The van der Waals surface area contributed by atoms with Crippen LogP contribution in [0, 0.1) is 24.0 Å². The standard InChI is InChI=1S/C24H26N6O5/c1-16-3-8-20(23(13-16)30(34)35)26-27-21-15-24(33)22(14-17(21)2)28-25-18-4-6-19(7-5-18)29(9-11-31)10-12-32/h3-8,13-15,31-33H,9-12H2,1-2H3. The fourth-order valence-corrected chi connectivity index (χ4v) is 3.28. The van der Waals surface area contributed by atoms with Crippen molar-refractivity contribution in [2.24, 2.45) is 20.5 Å². The number of aryl methyl sites for hydroxylation is 2. The van der Waals surface area contributed by atoms with Crippen LogP contribution in [0.5, 0.6) is 5.75 Å². The normalized spacial score (nSPS) is 11.4. The lowest BCUT2D eigenvalue weighted by Crippen LogP contribution is -2.29. The molecular formula is C24H26N6O5. The van der Waals surface area contributed by atoms with Crippen LogP contribution < -0.4 is 4.90 Å². The number of aliphatic hydroxyl groups excluding tert-OH is 2. The van der Waals surface area contributed by atoms with Gasteiger partial charge in [-0.3, -0.25) is 10.1 Å². The number of nitro benzene ring substituents is 1. The Bertz CT molecular complexity index is 1240. The highest BCUT2D eigenvalue weighted by Crippen LogP contribution is 2.37. The van der Waals surface area contributed by atoms with Crippen LogP contribution in [0.3, 0.4) is 0 Å². The Morgan fingerprint density at radius 1 is 0.829 bits per heavy atom. The third-order valence-corrected chi connectivity index (χ3v) is 5.11. The molecule has 0 aromatic heterocycles. The number of nitrogens with zero attached hydrogens (tertiary/aromatic N) is 6. The third kappa shape index (κ3) is 6.65. The second kappa shape index (κ2) is 11.8. The highest BCUT2D eigenvalue weighted by Gasteiger charge is 2.14. The van der Waals surface area contributed by atoms with Crippen molar-refractivity contribution in [2.45, 2.75) is 13.8 Å². The number of nitro groups is 1. The van der Waals surface area contributed by atoms with Crippen LogP contribution in [0.1, 0.15) is 11.1 Å². The predicted octanol–water partition coefficient (Wildman–Crippen LogP) is 5.54. The van der Waals surface area contributed by atoms with Crippen molar-refractivity contribution < 1.29 is 20.2 Å². The molecule has 0 fully saturated rings. The number of phenolic OH excluding ortho intramolecular Hbond substituents is 1. The van der Waals surface area contributed by atoms with Gasteiger partial charge in [0.2, 0.25) is 0 Å². The van der Waals surface area contributed by atoms with Gasteiger partial charge in [0.15, 0.2) is 5.69 Å². The van der Waals surface area contributed by atoms with Crippen molar-refractivity contribution in [1.82, 2.24) is 0 Å². The lowest BCUT2D eigenvalue weighted by Gasteiger charge is -2.22. The van der Waals surface area contributed by atoms with Gasteiger partial charge in [0.05, 0.1) is 29.5 Å². The Morgan fingerprint density at radius 3 is 2.09 bits per heavy atom. The number of phenols is 1. The van der Waals surface area contributed by atoms with Crippen molar-refractivity contribution in [3.63, 3.8) is 0 Å². The molecule has 0 aliphatic carbocycles. The molecule has 0 unspecified atom stereocenters. The van der Waals surface area contributed by atoms with Crippen LogP contribution in [0.15, 0.2) is 75.1 Å². The summed E-state index contributed by atoms with van der Waals surface area (Å²) < 4.78 is 0. The van der Waals surface area contributed by atoms with Gasteiger partial charge in [-0.05, 0) is 61.4 Å². The number of benzene rings is 3. The molecule has 3 N–H and O–H groups in total. The van der Waals surface area contributed by atoms with E-state index in [0.717, 1.165) is 11.3 Å². The summed E-state index contributed by atoms with van der Waals surface area (Å²) >= 11 is 0. The number of hydrogen-bond donors (Lipinski definition) is 3. The van der Waals surface area contributed by atoms with E-state index in [1.165, 1.54) is 18.2 Å².